The number of fused-ring (bicyclic) bond motifs is 1. The van der Waals surface area contributed by atoms with Crippen LogP contribution in [0.1, 0.15) is 6.42 Å². The van der Waals surface area contributed by atoms with Gasteiger partial charge in [0.25, 0.3) is 5.56 Å². The van der Waals surface area contributed by atoms with Gasteiger partial charge in [0.05, 0.1) is 15.1 Å². The molecule has 1 aliphatic heterocycles. The van der Waals surface area contributed by atoms with Gasteiger partial charge in [0.1, 0.15) is 0 Å². The predicted octanol–water partition coefficient (Wildman–Crippen LogP) is 0.111. The smallest absolute Gasteiger partial charge is 0.304 e. The summed E-state index contributed by atoms with van der Waals surface area (Å²) in [6.07, 6.45) is 1.33. The van der Waals surface area contributed by atoms with E-state index in [0.717, 1.165) is 0 Å². The molecule has 0 saturated carbocycles. The molecular formula is C19H22N6O5S2. The summed E-state index contributed by atoms with van der Waals surface area (Å²) in [6.45, 7) is 2.35. The number of thiazole rings is 1. The Morgan fingerprint density at radius 1 is 1.19 bits per heavy atom. The van der Waals surface area contributed by atoms with Crippen LogP contribution in [-0.2, 0) is 21.4 Å². The molecule has 1 amide bonds. The van der Waals surface area contributed by atoms with Crippen LogP contribution in [0.15, 0.2) is 44.9 Å². The number of aryl methyl sites for hydroxylation is 1. The Kier molecular flexibility index (Phi) is 6.24. The largest absolute Gasteiger partial charge is 0.328 e. The third kappa shape index (κ3) is 4.80. The molecule has 3 heterocycles. The molecule has 0 bridgehead atoms. The molecule has 1 aromatic carbocycles. The number of carbonyl (C=O) groups is 1. The van der Waals surface area contributed by atoms with Crippen molar-refractivity contribution in [3.8, 4) is 0 Å². The number of rotatable bonds is 6. The van der Waals surface area contributed by atoms with Gasteiger partial charge in [-0.25, -0.2) is 18.2 Å². The molecule has 32 heavy (non-hydrogen) atoms. The molecule has 4 rings (SSSR count). The summed E-state index contributed by atoms with van der Waals surface area (Å²) in [5, 5.41) is 3.02. The molecule has 1 saturated heterocycles. The summed E-state index contributed by atoms with van der Waals surface area (Å²) >= 11 is 1.18. The Labute approximate surface area is 187 Å². The highest BCUT2D eigenvalue weighted by Crippen LogP contribution is 2.29. The van der Waals surface area contributed by atoms with E-state index >= 15 is 0 Å². The minimum atomic E-state index is -3.60. The number of benzene rings is 1. The number of anilines is 1. The predicted molar refractivity (Wildman–Crippen MR) is 120 cm³/mol. The van der Waals surface area contributed by atoms with E-state index in [9.17, 15) is 22.8 Å². The lowest BCUT2D eigenvalue weighted by Crippen LogP contribution is -2.46. The standard InChI is InChI=1S/C19H22N6O5S2/c1-23-8-10-25(11-9-23)32(29,30)13-2-3-14-15(12-13)31-18(20-14)21-16(26)4-6-24-7-5-17(27)22-19(24)28/h2-3,5,7,12H,4,6,8-11H2,1H3,(H,20,21,26)(H,22,27,28). The van der Waals surface area contributed by atoms with Crippen molar-refractivity contribution >= 4 is 42.6 Å². The minimum absolute atomic E-state index is 0.00487. The number of aromatic nitrogens is 3. The lowest BCUT2D eigenvalue weighted by molar-refractivity contribution is -0.116. The van der Waals surface area contributed by atoms with Crippen molar-refractivity contribution in [2.45, 2.75) is 17.9 Å². The molecular weight excluding hydrogens is 456 g/mol. The Balaban J connectivity index is 1.45. The van der Waals surface area contributed by atoms with Crippen LogP contribution in [0.3, 0.4) is 0 Å². The molecule has 2 N–H and O–H groups in total. The first-order valence-electron chi connectivity index (χ1n) is 9.91. The first kappa shape index (κ1) is 22.3. The zero-order valence-electron chi connectivity index (χ0n) is 17.3. The van der Waals surface area contributed by atoms with Gasteiger partial charge in [0.2, 0.25) is 15.9 Å². The van der Waals surface area contributed by atoms with Crippen molar-refractivity contribution in [3.63, 3.8) is 0 Å². The van der Waals surface area contributed by atoms with E-state index in [0.29, 0.717) is 41.5 Å². The summed E-state index contributed by atoms with van der Waals surface area (Å²) < 4.78 is 29.3. The van der Waals surface area contributed by atoms with Gasteiger partial charge in [0, 0.05) is 51.4 Å². The molecule has 0 spiro atoms. The van der Waals surface area contributed by atoms with Crippen LogP contribution in [0.25, 0.3) is 10.2 Å². The molecule has 0 atom stereocenters. The number of hydrogen-bond donors (Lipinski definition) is 2. The maximum atomic E-state index is 13.0. The number of piperazine rings is 1. The molecule has 3 aromatic rings. The normalized spacial score (nSPS) is 15.8. The molecule has 1 fully saturated rings. The Morgan fingerprint density at radius 2 is 1.94 bits per heavy atom. The van der Waals surface area contributed by atoms with Gasteiger partial charge in [-0.15, -0.1) is 0 Å². The zero-order chi connectivity index (χ0) is 22.9. The molecule has 13 heteroatoms. The number of carbonyl (C=O) groups excluding carboxylic acids is 1. The summed E-state index contributed by atoms with van der Waals surface area (Å²) in [4.78, 5) is 43.8. The molecule has 11 nitrogen and oxygen atoms in total. The highest BCUT2D eigenvalue weighted by molar-refractivity contribution is 7.89. The van der Waals surface area contributed by atoms with Crippen molar-refractivity contribution < 1.29 is 13.2 Å². The Morgan fingerprint density at radius 3 is 2.66 bits per heavy atom. The fourth-order valence-electron chi connectivity index (χ4n) is 3.32. The second kappa shape index (κ2) is 8.94. The number of nitrogens with zero attached hydrogens (tertiary/aromatic N) is 4. The molecule has 170 valence electrons. The van der Waals surface area contributed by atoms with E-state index < -0.39 is 21.3 Å². The van der Waals surface area contributed by atoms with Crippen LogP contribution < -0.4 is 16.6 Å². The van der Waals surface area contributed by atoms with Gasteiger partial charge in [-0.1, -0.05) is 11.3 Å². The summed E-state index contributed by atoms with van der Waals surface area (Å²) in [7, 11) is -1.64. The first-order valence-corrected chi connectivity index (χ1v) is 12.2. The van der Waals surface area contributed by atoms with Crippen molar-refractivity contribution in [2.75, 3.05) is 38.5 Å². The van der Waals surface area contributed by atoms with Crippen molar-refractivity contribution in [3.05, 3.63) is 51.3 Å². The first-order chi connectivity index (χ1) is 15.2. The molecule has 2 aromatic heterocycles. The number of amides is 1. The number of sulfonamides is 1. The topological polar surface area (TPSA) is 137 Å². The molecule has 1 aliphatic rings. The van der Waals surface area contributed by atoms with E-state index in [4.69, 9.17) is 0 Å². The number of likely N-dealkylation sites (N-methyl/N-ethyl adjacent to an activating group) is 1. The molecule has 0 unspecified atom stereocenters. The van der Waals surface area contributed by atoms with Gasteiger partial charge in [-0.2, -0.15) is 4.31 Å². The third-order valence-corrected chi connectivity index (χ3v) is 8.01. The zero-order valence-corrected chi connectivity index (χ0v) is 18.9. The average molecular weight is 479 g/mol. The van der Waals surface area contributed by atoms with E-state index in [1.165, 1.54) is 38.5 Å². The van der Waals surface area contributed by atoms with Crippen LogP contribution in [0.4, 0.5) is 5.13 Å². The van der Waals surface area contributed by atoms with Crippen molar-refractivity contribution in [2.24, 2.45) is 0 Å². The van der Waals surface area contributed by atoms with E-state index in [-0.39, 0.29) is 23.8 Å². The van der Waals surface area contributed by atoms with E-state index in [1.54, 1.807) is 12.1 Å². The second-order valence-electron chi connectivity index (χ2n) is 7.46. The maximum absolute atomic E-state index is 13.0. The van der Waals surface area contributed by atoms with Gasteiger partial charge in [0.15, 0.2) is 5.13 Å². The minimum Gasteiger partial charge on any atom is -0.304 e. The van der Waals surface area contributed by atoms with E-state index in [2.05, 4.69) is 20.2 Å². The van der Waals surface area contributed by atoms with Gasteiger partial charge in [-0.3, -0.25) is 14.6 Å². The average Bonchev–Trinajstić information content (AvgIpc) is 3.14. The van der Waals surface area contributed by atoms with Gasteiger partial charge < -0.3 is 14.8 Å². The Hall–Kier alpha value is -2.87. The highest BCUT2D eigenvalue weighted by Gasteiger charge is 2.27. The van der Waals surface area contributed by atoms with Crippen molar-refractivity contribution in [1.82, 2.24) is 23.7 Å². The van der Waals surface area contributed by atoms with Crippen LogP contribution in [-0.4, -0.2) is 71.3 Å². The van der Waals surface area contributed by atoms with E-state index in [1.807, 2.05) is 7.05 Å². The molecule has 0 aliphatic carbocycles. The highest BCUT2D eigenvalue weighted by atomic mass is 32.2. The van der Waals surface area contributed by atoms with Crippen LogP contribution in [0, 0.1) is 0 Å². The SMILES string of the molecule is CN1CCN(S(=O)(=O)c2ccc3nc(NC(=O)CCn4ccc(=O)[nH]c4=O)sc3c2)CC1. The van der Waals surface area contributed by atoms with Crippen LogP contribution in [0.2, 0.25) is 0 Å². The third-order valence-electron chi connectivity index (χ3n) is 5.18. The Bertz CT molecular complexity index is 1370. The number of hydrogen-bond acceptors (Lipinski definition) is 8. The fraction of sp³-hybridized carbons (Fsp3) is 0.368. The quantitative estimate of drug-likeness (QED) is 0.513. The monoisotopic (exact) mass is 478 g/mol. The van der Waals surface area contributed by atoms with Crippen molar-refractivity contribution in [1.29, 1.82) is 0 Å². The van der Waals surface area contributed by atoms with Crippen LogP contribution >= 0.6 is 11.3 Å². The second-order valence-corrected chi connectivity index (χ2v) is 10.4. The van der Waals surface area contributed by atoms with Crippen LogP contribution in [0.5, 0.6) is 0 Å². The number of nitrogens with one attached hydrogen (secondary N) is 2. The lowest BCUT2D eigenvalue weighted by Gasteiger charge is -2.31. The summed E-state index contributed by atoms with van der Waals surface area (Å²) in [5.41, 5.74) is -0.502. The lowest BCUT2D eigenvalue weighted by atomic mass is 10.3. The van der Waals surface area contributed by atoms with Gasteiger partial charge >= 0.3 is 5.69 Å². The summed E-state index contributed by atoms with van der Waals surface area (Å²) in [6, 6.07) is 5.95. The maximum Gasteiger partial charge on any atom is 0.328 e. The summed E-state index contributed by atoms with van der Waals surface area (Å²) in [5.74, 6) is -0.354. The number of aromatic amines is 1. The fourth-order valence-corrected chi connectivity index (χ4v) is 5.77. The number of H-pyrrole nitrogens is 1. The molecule has 0 radical (unpaired) electrons. The van der Waals surface area contributed by atoms with Gasteiger partial charge in [-0.05, 0) is 25.2 Å².